The Bertz CT molecular complexity index is 1970. The Morgan fingerprint density at radius 3 is 1.91 bits per heavy atom. The Morgan fingerprint density at radius 2 is 1.28 bits per heavy atom. The topological polar surface area (TPSA) is 196 Å². The molecule has 3 aliphatic heterocycles. The Hall–Kier alpha value is -6.16. The first-order valence-corrected chi connectivity index (χ1v) is 18.5. The SMILES string of the molecule is COc1ccc(C[C@H]2C(=O)N[C@@H](C)C(=O)N(C)[C@H]3Cc4ccc(cc4)Oc4cc(ccc4OC)C[C@@H](C(=O)NC(C)C(=O)N[C@@H](CO)C(=O)N2C)N(C)C3=O)cc1. The average Bonchev–Trinajstić information content (AvgIpc) is 3.21. The van der Waals surface area contributed by atoms with Gasteiger partial charge in [0.15, 0.2) is 11.5 Å². The summed E-state index contributed by atoms with van der Waals surface area (Å²) in [7, 11) is 7.27. The number of nitrogens with one attached hydrogen (secondary N) is 3. The number of aliphatic hydroxyl groups is 1. The molecular formula is C41H50N6O10. The molecule has 0 aliphatic carbocycles. The number of methoxy groups -OCH3 is 2. The molecule has 0 radical (unpaired) electrons. The van der Waals surface area contributed by atoms with Crippen molar-refractivity contribution in [2.24, 2.45) is 0 Å². The van der Waals surface area contributed by atoms with Crippen LogP contribution in [-0.4, -0.2) is 133 Å². The van der Waals surface area contributed by atoms with Crippen LogP contribution in [0.2, 0.25) is 0 Å². The van der Waals surface area contributed by atoms with Crippen LogP contribution in [0.25, 0.3) is 0 Å². The van der Waals surface area contributed by atoms with Gasteiger partial charge in [0.1, 0.15) is 47.8 Å². The molecule has 3 aliphatic rings. The fourth-order valence-corrected chi connectivity index (χ4v) is 6.86. The van der Waals surface area contributed by atoms with Gasteiger partial charge in [-0.3, -0.25) is 28.8 Å². The van der Waals surface area contributed by atoms with E-state index >= 15 is 0 Å². The van der Waals surface area contributed by atoms with Crippen molar-refractivity contribution in [3.8, 4) is 23.0 Å². The first-order chi connectivity index (χ1) is 27.1. The summed E-state index contributed by atoms with van der Waals surface area (Å²) >= 11 is 0. The molecule has 304 valence electrons. The molecule has 4 N–H and O–H groups in total. The van der Waals surface area contributed by atoms with Crippen LogP contribution in [0.15, 0.2) is 66.7 Å². The molecule has 6 rings (SSSR count). The highest BCUT2D eigenvalue weighted by molar-refractivity contribution is 5.98. The van der Waals surface area contributed by atoms with Gasteiger partial charge in [-0.25, -0.2) is 0 Å². The number of aliphatic hydroxyl groups excluding tert-OH is 1. The van der Waals surface area contributed by atoms with Gasteiger partial charge in [-0.05, 0) is 66.9 Å². The molecule has 0 saturated carbocycles. The molecule has 6 amide bonds. The summed E-state index contributed by atoms with van der Waals surface area (Å²) < 4.78 is 16.9. The lowest BCUT2D eigenvalue weighted by Gasteiger charge is -2.37. The second-order valence-electron chi connectivity index (χ2n) is 14.3. The highest BCUT2D eigenvalue weighted by Crippen LogP contribution is 2.34. The zero-order valence-corrected chi connectivity index (χ0v) is 33.1. The highest BCUT2D eigenvalue weighted by Gasteiger charge is 2.39. The van der Waals surface area contributed by atoms with Crippen molar-refractivity contribution in [2.75, 3.05) is 42.0 Å². The number of benzene rings is 3. The predicted octanol–water partition coefficient (Wildman–Crippen LogP) is 0.819. The zero-order chi connectivity index (χ0) is 41.6. The third kappa shape index (κ3) is 9.63. The molecule has 16 nitrogen and oxygen atoms in total. The van der Waals surface area contributed by atoms with Crippen LogP contribution in [0, 0.1) is 0 Å². The van der Waals surface area contributed by atoms with Gasteiger partial charge in [-0.1, -0.05) is 30.3 Å². The fourth-order valence-electron chi connectivity index (χ4n) is 6.86. The number of rotatable bonds is 5. The van der Waals surface area contributed by atoms with Gasteiger partial charge in [0, 0.05) is 40.4 Å². The number of likely N-dealkylation sites (N-methyl/N-ethyl adjacent to an activating group) is 3. The molecule has 6 bridgehead atoms. The van der Waals surface area contributed by atoms with Crippen LogP contribution >= 0.6 is 0 Å². The average molecular weight is 787 g/mol. The van der Waals surface area contributed by atoms with E-state index in [0.29, 0.717) is 39.7 Å². The van der Waals surface area contributed by atoms with Gasteiger partial charge in [0.05, 0.1) is 20.8 Å². The van der Waals surface area contributed by atoms with E-state index in [2.05, 4.69) is 16.0 Å². The molecule has 1 saturated heterocycles. The minimum Gasteiger partial charge on any atom is -0.497 e. The van der Waals surface area contributed by atoms with Crippen LogP contribution in [0.5, 0.6) is 23.0 Å². The molecule has 3 heterocycles. The van der Waals surface area contributed by atoms with Gasteiger partial charge in [-0.15, -0.1) is 0 Å². The van der Waals surface area contributed by atoms with Crippen molar-refractivity contribution in [3.05, 3.63) is 83.4 Å². The normalized spacial score (nSPS) is 24.1. The van der Waals surface area contributed by atoms with E-state index < -0.39 is 78.3 Å². The summed E-state index contributed by atoms with van der Waals surface area (Å²) in [6.07, 6.45) is -0.000603. The van der Waals surface area contributed by atoms with E-state index in [9.17, 15) is 33.9 Å². The van der Waals surface area contributed by atoms with Crippen LogP contribution in [0.3, 0.4) is 0 Å². The Kier molecular flexibility index (Phi) is 13.4. The number of carbonyl (C=O) groups is 6. The van der Waals surface area contributed by atoms with E-state index in [1.54, 1.807) is 66.7 Å². The first-order valence-electron chi connectivity index (χ1n) is 18.5. The molecule has 3 aromatic carbocycles. The third-order valence-corrected chi connectivity index (χ3v) is 10.4. The Labute approximate surface area is 331 Å². The summed E-state index contributed by atoms with van der Waals surface area (Å²) in [6.45, 7) is 2.05. The molecule has 0 aromatic heterocycles. The number of hydrogen-bond acceptors (Lipinski definition) is 10. The minimum atomic E-state index is -1.50. The van der Waals surface area contributed by atoms with Crippen LogP contribution in [0.1, 0.15) is 30.5 Å². The summed E-state index contributed by atoms with van der Waals surface area (Å²) in [5.41, 5.74) is 1.92. The van der Waals surface area contributed by atoms with Crippen molar-refractivity contribution in [1.82, 2.24) is 30.7 Å². The number of ether oxygens (including phenoxy) is 3. The van der Waals surface area contributed by atoms with Crippen molar-refractivity contribution >= 4 is 35.4 Å². The molecule has 1 unspecified atom stereocenters. The van der Waals surface area contributed by atoms with Crippen LogP contribution in [0.4, 0.5) is 0 Å². The van der Waals surface area contributed by atoms with Gasteiger partial charge in [0.25, 0.3) is 0 Å². The van der Waals surface area contributed by atoms with Crippen molar-refractivity contribution in [3.63, 3.8) is 0 Å². The number of fused-ring (bicyclic) bond motifs is 2. The smallest absolute Gasteiger partial charge is 0.247 e. The standard InChI is InChI=1S/C41H50N6O10/c1-23-36(49)44-30(22-48)40(53)45(3)31(18-25-8-13-28(55-6)14-9-25)38(51)43-24(2)39(52)47(5)33-19-26-10-15-29(16-11-26)57-35-21-27(12-17-34(35)56-7)20-32(37(50)42-23)46(4)41(33)54/h8-17,21,23-24,30-33,48H,18-20,22H2,1-7H3,(H,42,50)(H,43,51)(H,44,49)/t23?,24-,30-,31-,32-,33-/m0/s1. The molecule has 6 atom stereocenters. The third-order valence-electron chi connectivity index (χ3n) is 10.4. The maximum absolute atomic E-state index is 14.7. The lowest BCUT2D eigenvalue weighted by Crippen LogP contribution is -2.62. The summed E-state index contributed by atoms with van der Waals surface area (Å²) in [5, 5.41) is 18.2. The monoisotopic (exact) mass is 786 g/mol. The second kappa shape index (κ2) is 18.2. The number of amides is 6. The number of hydrogen-bond donors (Lipinski definition) is 4. The van der Waals surface area contributed by atoms with E-state index in [-0.39, 0.29) is 19.3 Å². The summed E-state index contributed by atoms with van der Waals surface area (Å²) in [4.78, 5) is 88.2. The van der Waals surface area contributed by atoms with E-state index in [1.165, 1.54) is 59.0 Å². The molecule has 16 heteroatoms. The van der Waals surface area contributed by atoms with Gasteiger partial charge < -0.3 is 50.0 Å². The van der Waals surface area contributed by atoms with Gasteiger partial charge >= 0.3 is 0 Å². The minimum absolute atomic E-state index is 0.00390. The van der Waals surface area contributed by atoms with Crippen molar-refractivity contribution in [1.29, 1.82) is 0 Å². The maximum atomic E-state index is 14.7. The van der Waals surface area contributed by atoms with Gasteiger partial charge in [0.2, 0.25) is 35.4 Å². The lowest BCUT2D eigenvalue weighted by atomic mass is 9.98. The van der Waals surface area contributed by atoms with Crippen LogP contribution in [-0.2, 0) is 48.0 Å². The largest absolute Gasteiger partial charge is 0.497 e. The second-order valence-corrected chi connectivity index (χ2v) is 14.3. The zero-order valence-electron chi connectivity index (χ0n) is 33.1. The molecular weight excluding hydrogens is 736 g/mol. The number of carbonyl (C=O) groups excluding carboxylic acids is 6. The quantitative estimate of drug-likeness (QED) is 0.288. The summed E-state index contributed by atoms with van der Waals surface area (Å²) in [6, 6.07) is 11.4. The molecule has 3 aromatic rings. The van der Waals surface area contributed by atoms with Gasteiger partial charge in [-0.2, -0.15) is 0 Å². The molecule has 1 fully saturated rings. The molecule has 57 heavy (non-hydrogen) atoms. The lowest BCUT2D eigenvalue weighted by molar-refractivity contribution is -0.149. The van der Waals surface area contributed by atoms with E-state index in [4.69, 9.17) is 14.2 Å². The Morgan fingerprint density at radius 1 is 0.667 bits per heavy atom. The van der Waals surface area contributed by atoms with E-state index in [0.717, 1.165) is 4.90 Å². The maximum Gasteiger partial charge on any atom is 0.247 e. The Balaban J connectivity index is 1.59. The first kappa shape index (κ1) is 42.0. The predicted molar refractivity (Wildman–Crippen MR) is 208 cm³/mol. The summed E-state index contributed by atoms with van der Waals surface area (Å²) in [5.74, 6) is -2.28. The van der Waals surface area contributed by atoms with Crippen LogP contribution < -0.4 is 30.2 Å². The molecule has 0 spiro atoms. The van der Waals surface area contributed by atoms with E-state index in [1.807, 2.05) is 0 Å². The fraction of sp³-hybridized carbons (Fsp3) is 0.415. The highest BCUT2D eigenvalue weighted by atomic mass is 16.5. The van der Waals surface area contributed by atoms with Crippen molar-refractivity contribution in [2.45, 2.75) is 69.4 Å². The van der Waals surface area contributed by atoms with Crippen molar-refractivity contribution < 1.29 is 48.1 Å². The number of nitrogens with zero attached hydrogens (tertiary/aromatic N) is 3.